The molecule has 0 saturated carbocycles. The van der Waals surface area contributed by atoms with Crippen molar-refractivity contribution in [1.82, 2.24) is 0 Å². The molecule has 0 aromatic heterocycles. The monoisotopic (exact) mass is 445 g/mol. The van der Waals surface area contributed by atoms with Crippen molar-refractivity contribution in [3.8, 4) is 0 Å². The first-order valence-corrected chi connectivity index (χ1v) is 8.48. The van der Waals surface area contributed by atoms with E-state index in [1.165, 1.54) is 18.2 Å². The van der Waals surface area contributed by atoms with Crippen LogP contribution in [0, 0.1) is 0 Å². The quantitative estimate of drug-likeness (QED) is 0.631. The Hall–Kier alpha value is -2.39. The number of alkyl halides is 3. The fraction of sp³-hybridized carbons (Fsp3) is 0.222. The SMILES string of the molecule is O=C(CNc1cccc(C(=O)O)c1)COCc1ccc(C(F)(F)F)cc1Br. The molecule has 9 heteroatoms. The van der Waals surface area contributed by atoms with E-state index >= 15 is 0 Å². The molecule has 144 valence electrons. The number of benzene rings is 2. The summed E-state index contributed by atoms with van der Waals surface area (Å²) >= 11 is 3.06. The molecule has 0 unspecified atom stereocenters. The number of Topliss-reactive ketones (excluding diaryl/α,β-unsaturated/α-hetero) is 1. The van der Waals surface area contributed by atoms with Crippen molar-refractivity contribution < 1.29 is 32.6 Å². The Bertz CT molecular complexity index is 840. The lowest BCUT2D eigenvalue weighted by atomic mass is 10.1. The van der Waals surface area contributed by atoms with E-state index in [2.05, 4.69) is 21.2 Å². The van der Waals surface area contributed by atoms with Crippen LogP contribution in [0.5, 0.6) is 0 Å². The molecule has 0 aliphatic carbocycles. The van der Waals surface area contributed by atoms with Gasteiger partial charge in [0.15, 0.2) is 5.78 Å². The average molecular weight is 446 g/mol. The lowest BCUT2D eigenvalue weighted by molar-refractivity contribution is -0.137. The number of anilines is 1. The van der Waals surface area contributed by atoms with Crippen molar-refractivity contribution in [2.45, 2.75) is 12.8 Å². The summed E-state index contributed by atoms with van der Waals surface area (Å²) in [5.74, 6) is -1.37. The number of hydrogen-bond donors (Lipinski definition) is 2. The first-order chi connectivity index (χ1) is 12.7. The molecule has 2 rings (SSSR count). The van der Waals surface area contributed by atoms with Crippen LogP contribution < -0.4 is 5.32 Å². The molecule has 2 aromatic carbocycles. The predicted octanol–water partition coefficient (Wildman–Crippen LogP) is 4.36. The van der Waals surface area contributed by atoms with Gasteiger partial charge in [-0.25, -0.2) is 4.79 Å². The zero-order valence-corrected chi connectivity index (χ0v) is 15.4. The molecular formula is C18H15BrF3NO4. The number of carboxylic acids is 1. The number of ether oxygens (including phenoxy) is 1. The molecule has 0 heterocycles. The molecule has 0 saturated heterocycles. The summed E-state index contributed by atoms with van der Waals surface area (Å²) in [6, 6.07) is 9.19. The maximum Gasteiger partial charge on any atom is 0.416 e. The van der Waals surface area contributed by atoms with Crippen molar-refractivity contribution in [3.05, 3.63) is 63.6 Å². The Balaban J connectivity index is 1.81. The third-order valence-electron chi connectivity index (χ3n) is 3.50. The van der Waals surface area contributed by atoms with Gasteiger partial charge in [-0.05, 0) is 35.9 Å². The molecule has 2 aromatic rings. The third kappa shape index (κ3) is 6.37. The number of hydrogen-bond acceptors (Lipinski definition) is 4. The Morgan fingerprint density at radius 2 is 1.89 bits per heavy atom. The molecule has 0 aliphatic rings. The van der Waals surface area contributed by atoms with Crippen LogP contribution in [0.2, 0.25) is 0 Å². The number of rotatable bonds is 8. The molecule has 2 N–H and O–H groups in total. The Labute approximate surface area is 161 Å². The van der Waals surface area contributed by atoms with Gasteiger partial charge in [0.05, 0.1) is 24.3 Å². The van der Waals surface area contributed by atoms with E-state index in [0.717, 1.165) is 12.1 Å². The highest BCUT2D eigenvalue weighted by molar-refractivity contribution is 9.10. The van der Waals surface area contributed by atoms with E-state index < -0.39 is 17.7 Å². The lowest BCUT2D eigenvalue weighted by Gasteiger charge is -2.11. The van der Waals surface area contributed by atoms with Crippen LogP contribution in [-0.2, 0) is 22.3 Å². The lowest BCUT2D eigenvalue weighted by Crippen LogP contribution is -2.19. The topological polar surface area (TPSA) is 75.6 Å². The Kier molecular flexibility index (Phi) is 6.98. The second-order valence-electron chi connectivity index (χ2n) is 5.57. The van der Waals surface area contributed by atoms with Gasteiger partial charge in [0, 0.05) is 10.2 Å². The summed E-state index contributed by atoms with van der Waals surface area (Å²) in [5.41, 5.74) is 0.282. The van der Waals surface area contributed by atoms with E-state index in [0.29, 0.717) is 11.3 Å². The van der Waals surface area contributed by atoms with E-state index in [4.69, 9.17) is 9.84 Å². The average Bonchev–Trinajstić information content (AvgIpc) is 2.60. The highest BCUT2D eigenvalue weighted by Crippen LogP contribution is 2.32. The van der Waals surface area contributed by atoms with Crippen LogP contribution in [0.3, 0.4) is 0 Å². The molecule has 0 radical (unpaired) electrons. The first-order valence-electron chi connectivity index (χ1n) is 7.69. The summed E-state index contributed by atoms with van der Waals surface area (Å²) in [5, 5.41) is 11.7. The van der Waals surface area contributed by atoms with E-state index in [1.54, 1.807) is 12.1 Å². The Morgan fingerprint density at radius 1 is 1.15 bits per heavy atom. The first kappa shape index (κ1) is 20.9. The van der Waals surface area contributed by atoms with Crippen LogP contribution >= 0.6 is 15.9 Å². The minimum atomic E-state index is -4.43. The molecule has 0 amide bonds. The van der Waals surface area contributed by atoms with Crippen LogP contribution in [0.15, 0.2) is 46.9 Å². The minimum Gasteiger partial charge on any atom is -0.478 e. The second-order valence-corrected chi connectivity index (χ2v) is 6.43. The minimum absolute atomic E-state index is 0.0288. The normalized spacial score (nSPS) is 11.3. The van der Waals surface area contributed by atoms with Gasteiger partial charge >= 0.3 is 12.1 Å². The maximum absolute atomic E-state index is 12.6. The summed E-state index contributed by atoms with van der Waals surface area (Å²) in [4.78, 5) is 22.7. The number of carbonyl (C=O) groups excluding carboxylic acids is 1. The van der Waals surface area contributed by atoms with Crippen LogP contribution in [0.25, 0.3) is 0 Å². The van der Waals surface area contributed by atoms with Crippen molar-refractivity contribution in [3.63, 3.8) is 0 Å². The molecule has 0 aliphatic heterocycles. The predicted molar refractivity (Wildman–Crippen MR) is 95.7 cm³/mol. The summed E-state index contributed by atoms with van der Waals surface area (Å²) in [6.45, 7) is -0.338. The zero-order chi connectivity index (χ0) is 20.0. The van der Waals surface area contributed by atoms with Gasteiger partial charge < -0.3 is 15.2 Å². The van der Waals surface area contributed by atoms with Gasteiger partial charge in [-0.1, -0.05) is 28.1 Å². The second kappa shape index (κ2) is 9.01. The fourth-order valence-electron chi connectivity index (χ4n) is 2.13. The van der Waals surface area contributed by atoms with Gasteiger partial charge in [-0.3, -0.25) is 4.79 Å². The number of aromatic carboxylic acids is 1. The highest BCUT2D eigenvalue weighted by atomic mass is 79.9. The molecule has 0 bridgehead atoms. The van der Waals surface area contributed by atoms with Gasteiger partial charge in [-0.15, -0.1) is 0 Å². The van der Waals surface area contributed by atoms with E-state index in [9.17, 15) is 22.8 Å². The smallest absolute Gasteiger partial charge is 0.416 e. The standard InChI is InChI=1S/C18H15BrF3NO4/c19-16-7-13(18(20,21)22)5-4-12(16)9-27-10-15(24)8-23-14-3-1-2-11(6-14)17(25)26/h1-7,23H,8-10H2,(H,25,26). The number of carboxylic acid groups (broad SMARTS) is 1. The molecule has 27 heavy (non-hydrogen) atoms. The molecule has 5 nitrogen and oxygen atoms in total. The van der Waals surface area contributed by atoms with E-state index in [1.807, 2.05) is 0 Å². The number of nitrogens with one attached hydrogen (secondary N) is 1. The molecule has 0 atom stereocenters. The Morgan fingerprint density at radius 3 is 2.52 bits per heavy atom. The van der Waals surface area contributed by atoms with Gasteiger partial charge in [0.2, 0.25) is 0 Å². The molecule has 0 fully saturated rings. The van der Waals surface area contributed by atoms with Crippen LogP contribution in [0.4, 0.5) is 18.9 Å². The zero-order valence-electron chi connectivity index (χ0n) is 13.8. The van der Waals surface area contributed by atoms with Crippen molar-refractivity contribution in [1.29, 1.82) is 0 Å². The fourth-order valence-corrected chi connectivity index (χ4v) is 2.62. The van der Waals surface area contributed by atoms with Crippen LogP contribution in [-0.4, -0.2) is 30.0 Å². The van der Waals surface area contributed by atoms with E-state index in [-0.39, 0.29) is 35.6 Å². The highest BCUT2D eigenvalue weighted by Gasteiger charge is 2.30. The number of carbonyl (C=O) groups is 2. The number of halogens is 4. The third-order valence-corrected chi connectivity index (χ3v) is 4.24. The molecular weight excluding hydrogens is 431 g/mol. The van der Waals surface area contributed by atoms with Crippen molar-refractivity contribution in [2.75, 3.05) is 18.5 Å². The van der Waals surface area contributed by atoms with Crippen molar-refractivity contribution >= 4 is 33.4 Å². The summed E-state index contributed by atoms with van der Waals surface area (Å²) in [6.07, 6.45) is -4.43. The van der Waals surface area contributed by atoms with Gasteiger partial charge in [0.25, 0.3) is 0 Å². The van der Waals surface area contributed by atoms with Crippen molar-refractivity contribution in [2.24, 2.45) is 0 Å². The van der Waals surface area contributed by atoms with Gasteiger partial charge in [-0.2, -0.15) is 13.2 Å². The van der Waals surface area contributed by atoms with Gasteiger partial charge in [0.1, 0.15) is 6.61 Å². The summed E-state index contributed by atoms with van der Waals surface area (Å²) in [7, 11) is 0. The maximum atomic E-state index is 12.6. The molecule has 0 spiro atoms. The van der Waals surface area contributed by atoms with Crippen LogP contribution in [0.1, 0.15) is 21.5 Å². The number of ketones is 1. The largest absolute Gasteiger partial charge is 0.478 e. The summed E-state index contributed by atoms with van der Waals surface area (Å²) < 4.78 is 43.3.